The monoisotopic (exact) mass is 733 g/mol. The van der Waals surface area contributed by atoms with Crippen molar-refractivity contribution >= 4 is 35.5 Å². The lowest BCUT2D eigenvalue weighted by atomic mass is 9.83. The number of likely N-dealkylation sites (tertiary alicyclic amines) is 1. The fourth-order valence-corrected chi connectivity index (χ4v) is 7.09. The maximum atomic E-state index is 14.5. The van der Waals surface area contributed by atoms with Crippen LogP contribution in [-0.4, -0.2) is 84.3 Å². The van der Waals surface area contributed by atoms with E-state index in [1.807, 2.05) is 49.4 Å². The van der Waals surface area contributed by atoms with E-state index in [-0.39, 0.29) is 43.7 Å². The Balaban J connectivity index is 1.48. The smallest absolute Gasteiger partial charge is 0.408 e. The molecule has 53 heavy (non-hydrogen) atoms. The molecule has 5 amide bonds. The van der Waals surface area contributed by atoms with E-state index in [0.717, 1.165) is 43.2 Å². The van der Waals surface area contributed by atoms with Crippen LogP contribution in [0.1, 0.15) is 96.1 Å². The van der Waals surface area contributed by atoms with Gasteiger partial charge in [0.15, 0.2) is 0 Å². The minimum atomic E-state index is -1.18. The number of methoxy groups -OCH3 is 1. The van der Waals surface area contributed by atoms with Gasteiger partial charge in [-0.25, -0.2) is 4.79 Å². The molecule has 2 fully saturated rings. The van der Waals surface area contributed by atoms with E-state index in [2.05, 4.69) is 21.3 Å². The molecule has 288 valence electrons. The van der Waals surface area contributed by atoms with Crippen molar-refractivity contribution in [1.82, 2.24) is 26.2 Å². The molecular formula is C40H55N5O8. The van der Waals surface area contributed by atoms with Crippen LogP contribution in [0.4, 0.5) is 4.79 Å². The van der Waals surface area contributed by atoms with Crippen molar-refractivity contribution in [2.75, 3.05) is 20.2 Å². The average Bonchev–Trinajstić information content (AvgIpc) is 3.60. The summed E-state index contributed by atoms with van der Waals surface area (Å²) in [6.45, 7) is 7.03. The Hall–Kier alpha value is -4.94. The number of nitrogens with one attached hydrogen (secondary N) is 4. The number of ether oxygens (including phenoxy) is 2. The van der Waals surface area contributed by atoms with E-state index in [1.54, 1.807) is 32.9 Å². The molecule has 1 heterocycles. The van der Waals surface area contributed by atoms with Crippen LogP contribution in [0, 0.1) is 5.92 Å². The normalized spacial score (nSPS) is 18.6. The van der Waals surface area contributed by atoms with Crippen LogP contribution in [0.15, 0.2) is 54.6 Å². The van der Waals surface area contributed by atoms with Crippen LogP contribution in [0.2, 0.25) is 0 Å². The molecular weight excluding hydrogens is 678 g/mol. The lowest BCUT2D eigenvalue weighted by Gasteiger charge is -2.35. The van der Waals surface area contributed by atoms with Crippen molar-refractivity contribution in [3.05, 3.63) is 65.7 Å². The standard InChI is InChI=1S/C40H55N5O8/c1-6-15-30(35(47)37(49)42-24-33(46)41-23-28-20-13-14-21-32(28)52-5)43-36(48)31-22-29(26-16-9-7-10-17-26)25-45(31)38(50)34(27-18-11-8-12-19-27)44-39(51)53-40(2,3)4/h7,9-10,13-14,16-17,20-21,27,29-31,34H,6,8,11-12,15,18-19,22-25H2,1-5H3,(H,41,46)(H,42,49)(H,43,48)(H,44,51)/t29-,30?,31+,34+/m1/s1. The first-order chi connectivity index (χ1) is 25.3. The molecule has 1 saturated heterocycles. The molecule has 1 saturated carbocycles. The van der Waals surface area contributed by atoms with Crippen molar-refractivity contribution in [3.8, 4) is 5.75 Å². The van der Waals surface area contributed by atoms with Gasteiger partial charge in [0.2, 0.25) is 23.5 Å². The molecule has 4 rings (SSSR count). The molecule has 2 aromatic carbocycles. The SMILES string of the molecule is CCCC(NC(=O)[C@@H]1C[C@@H](c2ccccc2)CN1C(=O)[C@@H](NC(=O)OC(C)(C)C)C1CCCCC1)C(=O)C(=O)NCC(=O)NCc1ccccc1OC. The van der Waals surface area contributed by atoms with Crippen LogP contribution in [-0.2, 0) is 35.3 Å². The molecule has 13 nitrogen and oxygen atoms in total. The Morgan fingerprint density at radius 3 is 2.23 bits per heavy atom. The molecule has 1 unspecified atom stereocenters. The Labute approximate surface area is 312 Å². The van der Waals surface area contributed by atoms with Gasteiger partial charge in [-0.15, -0.1) is 0 Å². The van der Waals surface area contributed by atoms with Crippen LogP contribution in [0.25, 0.3) is 0 Å². The van der Waals surface area contributed by atoms with Gasteiger partial charge in [-0.05, 0) is 64.0 Å². The Morgan fingerprint density at radius 1 is 0.887 bits per heavy atom. The van der Waals surface area contributed by atoms with Crippen molar-refractivity contribution in [2.24, 2.45) is 5.92 Å². The largest absolute Gasteiger partial charge is 0.496 e. The van der Waals surface area contributed by atoms with E-state index in [1.165, 1.54) is 12.0 Å². The van der Waals surface area contributed by atoms with Gasteiger partial charge in [0, 0.05) is 24.6 Å². The maximum absolute atomic E-state index is 14.5. The highest BCUT2D eigenvalue weighted by Crippen LogP contribution is 2.35. The molecule has 0 spiro atoms. The third-order valence-corrected chi connectivity index (χ3v) is 9.73. The number of rotatable bonds is 15. The molecule has 1 aliphatic carbocycles. The summed E-state index contributed by atoms with van der Waals surface area (Å²) < 4.78 is 10.8. The average molecular weight is 734 g/mol. The molecule has 1 aliphatic heterocycles. The predicted octanol–water partition coefficient (Wildman–Crippen LogP) is 4.14. The first-order valence-electron chi connectivity index (χ1n) is 18.7. The summed E-state index contributed by atoms with van der Waals surface area (Å²) in [7, 11) is 1.53. The topological polar surface area (TPSA) is 172 Å². The maximum Gasteiger partial charge on any atom is 0.408 e. The molecule has 2 aromatic rings. The van der Waals surface area contributed by atoms with E-state index in [9.17, 15) is 28.8 Å². The third-order valence-electron chi connectivity index (χ3n) is 9.73. The summed E-state index contributed by atoms with van der Waals surface area (Å²) in [6.07, 6.45) is 4.63. The summed E-state index contributed by atoms with van der Waals surface area (Å²) in [5.74, 6) is -3.05. The molecule has 2 aliphatic rings. The number of para-hydroxylation sites is 1. The second-order valence-corrected chi connectivity index (χ2v) is 14.9. The minimum absolute atomic E-state index is 0.131. The summed E-state index contributed by atoms with van der Waals surface area (Å²) in [4.78, 5) is 82.1. The van der Waals surface area contributed by atoms with Gasteiger partial charge in [0.25, 0.3) is 5.91 Å². The number of Topliss-reactive ketones (excluding diaryl/α,β-unsaturated/α-hetero) is 1. The number of hydrogen-bond acceptors (Lipinski definition) is 8. The van der Waals surface area contributed by atoms with Gasteiger partial charge in [-0.3, -0.25) is 24.0 Å². The van der Waals surface area contributed by atoms with Crippen LogP contribution in [0.5, 0.6) is 5.75 Å². The number of nitrogens with zero attached hydrogens (tertiary/aromatic N) is 1. The lowest BCUT2D eigenvalue weighted by molar-refractivity contribution is -0.143. The van der Waals surface area contributed by atoms with Gasteiger partial charge < -0.3 is 35.6 Å². The number of ketones is 1. The van der Waals surface area contributed by atoms with Crippen molar-refractivity contribution < 1.29 is 38.2 Å². The van der Waals surface area contributed by atoms with Crippen molar-refractivity contribution in [2.45, 2.75) is 115 Å². The second-order valence-electron chi connectivity index (χ2n) is 14.9. The minimum Gasteiger partial charge on any atom is -0.496 e. The number of hydrogen-bond donors (Lipinski definition) is 4. The third kappa shape index (κ3) is 11.8. The number of alkyl carbamates (subject to hydrolysis) is 1. The van der Waals surface area contributed by atoms with Crippen LogP contribution < -0.4 is 26.0 Å². The highest BCUT2D eigenvalue weighted by molar-refractivity contribution is 6.38. The zero-order valence-electron chi connectivity index (χ0n) is 31.6. The van der Waals surface area contributed by atoms with Gasteiger partial charge in [0.05, 0.1) is 19.7 Å². The number of carbonyl (C=O) groups is 6. The fourth-order valence-electron chi connectivity index (χ4n) is 7.09. The highest BCUT2D eigenvalue weighted by atomic mass is 16.6. The molecule has 4 atom stereocenters. The van der Waals surface area contributed by atoms with E-state index < -0.39 is 59.9 Å². The summed E-state index contributed by atoms with van der Waals surface area (Å²) >= 11 is 0. The number of carbonyl (C=O) groups excluding carboxylic acids is 6. The summed E-state index contributed by atoms with van der Waals surface area (Å²) in [6, 6.07) is 13.7. The summed E-state index contributed by atoms with van der Waals surface area (Å²) in [5, 5.41) is 10.7. The first-order valence-corrected chi connectivity index (χ1v) is 18.7. The lowest BCUT2D eigenvalue weighted by Crippen LogP contribution is -2.58. The number of amides is 5. The van der Waals surface area contributed by atoms with Crippen molar-refractivity contribution in [3.63, 3.8) is 0 Å². The van der Waals surface area contributed by atoms with Crippen LogP contribution in [0.3, 0.4) is 0 Å². The zero-order valence-corrected chi connectivity index (χ0v) is 31.6. The Bertz CT molecular complexity index is 1590. The van der Waals surface area contributed by atoms with E-state index >= 15 is 0 Å². The molecule has 0 bridgehead atoms. The van der Waals surface area contributed by atoms with E-state index in [0.29, 0.717) is 12.2 Å². The second kappa shape index (κ2) is 19.2. The molecule has 4 N–H and O–H groups in total. The van der Waals surface area contributed by atoms with Gasteiger partial charge in [-0.2, -0.15) is 0 Å². The van der Waals surface area contributed by atoms with Gasteiger partial charge in [0.1, 0.15) is 23.4 Å². The number of benzene rings is 2. The van der Waals surface area contributed by atoms with Crippen molar-refractivity contribution in [1.29, 1.82) is 0 Å². The van der Waals surface area contributed by atoms with Gasteiger partial charge in [-0.1, -0.05) is 81.1 Å². The zero-order chi connectivity index (χ0) is 38.5. The summed E-state index contributed by atoms with van der Waals surface area (Å²) in [5.41, 5.74) is 0.932. The Morgan fingerprint density at radius 2 is 1.57 bits per heavy atom. The molecule has 0 aromatic heterocycles. The molecule has 0 radical (unpaired) electrons. The predicted molar refractivity (Wildman–Crippen MR) is 199 cm³/mol. The fraction of sp³-hybridized carbons (Fsp3) is 0.550. The first kappa shape index (κ1) is 40.8. The highest BCUT2D eigenvalue weighted by Gasteiger charge is 2.45. The quantitative estimate of drug-likeness (QED) is 0.198. The van der Waals surface area contributed by atoms with Gasteiger partial charge >= 0.3 is 6.09 Å². The molecule has 13 heteroatoms. The van der Waals surface area contributed by atoms with Crippen LogP contribution >= 0.6 is 0 Å². The van der Waals surface area contributed by atoms with E-state index in [4.69, 9.17) is 9.47 Å². The Kier molecular flexibility index (Phi) is 14.8.